The van der Waals surface area contributed by atoms with E-state index >= 15 is 0 Å². The molecule has 0 spiro atoms. The van der Waals surface area contributed by atoms with E-state index in [9.17, 15) is 0 Å². The van der Waals surface area contributed by atoms with Crippen LogP contribution in [0.4, 0.5) is 0 Å². The van der Waals surface area contributed by atoms with Crippen LogP contribution in [-0.2, 0) is 4.74 Å². The van der Waals surface area contributed by atoms with Crippen molar-refractivity contribution in [2.75, 3.05) is 26.2 Å². The van der Waals surface area contributed by atoms with Crippen molar-refractivity contribution in [2.24, 2.45) is 0 Å². The molecule has 4 nitrogen and oxygen atoms in total. The molecule has 1 aromatic carbocycles. The SMILES string of the molecule is CCOC(CC1CNCCN1)Oc1ccccc1. The number of ether oxygens (including phenoxy) is 2. The molecule has 0 aromatic heterocycles. The van der Waals surface area contributed by atoms with Gasteiger partial charge in [-0.3, -0.25) is 0 Å². The number of nitrogens with one attached hydrogen (secondary N) is 2. The van der Waals surface area contributed by atoms with Crippen LogP contribution in [0.2, 0.25) is 0 Å². The van der Waals surface area contributed by atoms with Gasteiger partial charge in [-0.25, -0.2) is 0 Å². The number of rotatable bonds is 6. The standard InChI is InChI=1S/C14H22N2O2/c1-2-17-14(10-12-11-15-8-9-16-12)18-13-6-4-3-5-7-13/h3-7,12,14-16H,2,8-11H2,1H3. The van der Waals surface area contributed by atoms with Gasteiger partial charge >= 0.3 is 0 Å². The smallest absolute Gasteiger partial charge is 0.201 e. The maximum Gasteiger partial charge on any atom is 0.201 e. The zero-order valence-electron chi connectivity index (χ0n) is 10.9. The summed E-state index contributed by atoms with van der Waals surface area (Å²) in [6.45, 7) is 5.68. The van der Waals surface area contributed by atoms with E-state index in [2.05, 4.69) is 10.6 Å². The summed E-state index contributed by atoms with van der Waals surface area (Å²) in [6, 6.07) is 10.3. The Hall–Kier alpha value is -1.10. The number of hydrogen-bond donors (Lipinski definition) is 2. The molecule has 2 N–H and O–H groups in total. The van der Waals surface area contributed by atoms with Gasteiger partial charge in [0.2, 0.25) is 6.29 Å². The Morgan fingerprint density at radius 1 is 1.28 bits per heavy atom. The van der Waals surface area contributed by atoms with Crippen LogP contribution in [0.1, 0.15) is 13.3 Å². The van der Waals surface area contributed by atoms with Crippen molar-refractivity contribution >= 4 is 0 Å². The van der Waals surface area contributed by atoms with Crippen LogP contribution in [0.25, 0.3) is 0 Å². The van der Waals surface area contributed by atoms with E-state index < -0.39 is 0 Å². The summed E-state index contributed by atoms with van der Waals surface area (Å²) in [4.78, 5) is 0. The average Bonchev–Trinajstić information content (AvgIpc) is 2.41. The van der Waals surface area contributed by atoms with Gasteiger partial charge in [0.05, 0.1) is 0 Å². The summed E-state index contributed by atoms with van der Waals surface area (Å²) in [5, 5.41) is 6.84. The highest BCUT2D eigenvalue weighted by Gasteiger charge is 2.19. The van der Waals surface area contributed by atoms with Gasteiger partial charge in [-0.15, -0.1) is 0 Å². The fourth-order valence-electron chi connectivity index (χ4n) is 2.10. The second-order valence-corrected chi connectivity index (χ2v) is 4.41. The molecule has 1 heterocycles. The minimum absolute atomic E-state index is 0.185. The van der Waals surface area contributed by atoms with Gasteiger partial charge in [0, 0.05) is 38.7 Å². The van der Waals surface area contributed by atoms with Crippen LogP contribution in [0.15, 0.2) is 30.3 Å². The Morgan fingerprint density at radius 3 is 2.78 bits per heavy atom. The molecule has 1 aromatic rings. The van der Waals surface area contributed by atoms with E-state index in [-0.39, 0.29) is 6.29 Å². The second kappa shape index (κ2) is 7.36. The van der Waals surface area contributed by atoms with Gasteiger partial charge in [-0.1, -0.05) is 18.2 Å². The first-order valence-electron chi connectivity index (χ1n) is 6.66. The van der Waals surface area contributed by atoms with Crippen molar-refractivity contribution in [3.8, 4) is 5.75 Å². The Morgan fingerprint density at radius 2 is 2.11 bits per heavy atom. The molecule has 2 rings (SSSR count). The summed E-state index contributed by atoms with van der Waals surface area (Å²) in [6.07, 6.45) is 0.672. The quantitative estimate of drug-likeness (QED) is 0.749. The lowest BCUT2D eigenvalue weighted by Crippen LogP contribution is -2.50. The normalized spacial score (nSPS) is 21.5. The minimum atomic E-state index is -0.185. The molecule has 2 atom stereocenters. The summed E-state index contributed by atoms with van der Waals surface area (Å²) in [5.74, 6) is 0.861. The number of benzene rings is 1. The molecule has 0 amide bonds. The van der Waals surface area contributed by atoms with E-state index in [0.717, 1.165) is 31.8 Å². The Labute approximate surface area is 109 Å². The largest absolute Gasteiger partial charge is 0.465 e. The predicted molar refractivity (Wildman–Crippen MR) is 71.8 cm³/mol. The molecular formula is C14H22N2O2. The summed E-state index contributed by atoms with van der Waals surface area (Å²) in [5.41, 5.74) is 0. The van der Waals surface area contributed by atoms with Crippen molar-refractivity contribution in [3.63, 3.8) is 0 Å². The summed E-state index contributed by atoms with van der Waals surface area (Å²) >= 11 is 0. The number of para-hydroxylation sites is 1. The molecule has 100 valence electrons. The zero-order chi connectivity index (χ0) is 12.6. The first-order valence-corrected chi connectivity index (χ1v) is 6.66. The highest BCUT2D eigenvalue weighted by molar-refractivity contribution is 5.21. The van der Waals surface area contributed by atoms with E-state index in [1.165, 1.54) is 0 Å². The van der Waals surface area contributed by atoms with Crippen LogP contribution in [0, 0.1) is 0 Å². The highest BCUT2D eigenvalue weighted by atomic mass is 16.7. The van der Waals surface area contributed by atoms with E-state index in [1.54, 1.807) is 0 Å². The van der Waals surface area contributed by atoms with Crippen molar-refractivity contribution in [3.05, 3.63) is 30.3 Å². The van der Waals surface area contributed by atoms with E-state index in [1.807, 2.05) is 37.3 Å². The molecule has 1 aliphatic rings. The van der Waals surface area contributed by atoms with Crippen LogP contribution in [0.3, 0.4) is 0 Å². The minimum Gasteiger partial charge on any atom is -0.465 e. The van der Waals surface area contributed by atoms with Gasteiger partial charge in [-0.2, -0.15) is 0 Å². The van der Waals surface area contributed by atoms with Gasteiger partial charge in [0.15, 0.2) is 0 Å². The van der Waals surface area contributed by atoms with Gasteiger partial charge in [0.1, 0.15) is 5.75 Å². The lowest BCUT2D eigenvalue weighted by molar-refractivity contribution is -0.0850. The van der Waals surface area contributed by atoms with E-state index in [0.29, 0.717) is 12.6 Å². The third-order valence-electron chi connectivity index (χ3n) is 2.97. The lowest BCUT2D eigenvalue weighted by Gasteiger charge is -2.28. The van der Waals surface area contributed by atoms with Crippen molar-refractivity contribution in [2.45, 2.75) is 25.7 Å². The molecule has 2 unspecified atom stereocenters. The zero-order valence-corrected chi connectivity index (χ0v) is 10.9. The molecule has 0 saturated carbocycles. The van der Waals surface area contributed by atoms with Crippen LogP contribution in [-0.4, -0.2) is 38.6 Å². The fourth-order valence-corrected chi connectivity index (χ4v) is 2.10. The second-order valence-electron chi connectivity index (χ2n) is 4.41. The van der Waals surface area contributed by atoms with E-state index in [4.69, 9.17) is 9.47 Å². The molecule has 0 bridgehead atoms. The first-order chi connectivity index (χ1) is 8.88. The summed E-state index contributed by atoms with van der Waals surface area (Å²) in [7, 11) is 0. The molecule has 4 heteroatoms. The molecule has 1 aliphatic heterocycles. The average molecular weight is 250 g/mol. The number of piperazine rings is 1. The third kappa shape index (κ3) is 4.29. The monoisotopic (exact) mass is 250 g/mol. The molecular weight excluding hydrogens is 228 g/mol. The lowest BCUT2D eigenvalue weighted by atomic mass is 10.1. The van der Waals surface area contributed by atoms with Crippen molar-refractivity contribution in [1.29, 1.82) is 0 Å². The topological polar surface area (TPSA) is 42.5 Å². The summed E-state index contributed by atoms with van der Waals surface area (Å²) < 4.78 is 11.5. The Balaban J connectivity index is 1.86. The van der Waals surface area contributed by atoms with Gasteiger partial charge in [-0.05, 0) is 19.1 Å². The predicted octanol–water partition coefficient (Wildman–Crippen LogP) is 1.38. The van der Waals surface area contributed by atoms with Crippen LogP contribution in [0.5, 0.6) is 5.75 Å². The fraction of sp³-hybridized carbons (Fsp3) is 0.571. The maximum atomic E-state index is 5.87. The van der Waals surface area contributed by atoms with Crippen molar-refractivity contribution < 1.29 is 9.47 Å². The van der Waals surface area contributed by atoms with Gasteiger partial charge in [0.25, 0.3) is 0 Å². The maximum absolute atomic E-state index is 5.87. The molecule has 0 aliphatic carbocycles. The van der Waals surface area contributed by atoms with Gasteiger partial charge < -0.3 is 20.1 Å². The molecule has 1 fully saturated rings. The Bertz CT molecular complexity index is 326. The molecule has 0 radical (unpaired) electrons. The first kappa shape index (κ1) is 13.3. The number of hydrogen-bond acceptors (Lipinski definition) is 4. The molecule has 18 heavy (non-hydrogen) atoms. The third-order valence-corrected chi connectivity index (χ3v) is 2.97. The van der Waals surface area contributed by atoms with Crippen LogP contribution < -0.4 is 15.4 Å². The Kier molecular flexibility index (Phi) is 5.45. The van der Waals surface area contributed by atoms with Crippen LogP contribution >= 0.6 is 0 Å². The van der Waals surface area contributed by atoms with Crippen molar-refractivity contribution in [1.82, 2.24) is 10.6 Å². The highest BCUT2D eigenvalue weighted by Crippen LogP contribution is 2.14. The molecule has 1 saturated heterocycles.